The van der Waals surface area contributed by atoms with Gasteiger partial charge in [-0.15, -0.1) is 0 Å². The number of nitrogens with two attached hydrogens (primary N) is 1. The van der Waals surface area contributed by atoms with Crippen molar-refractivity contribution >= 4 is 28.3 Å². The summed E-state index contributed by atoms with van der Waals surface area (Å²) in [7, 11) is 1.72. The highest BCUT2D eigenvalue weighted by Crippen LogP contribution is 2.36. The van der Waals surface area contributed by atoms with E-state index in [0.29, 0.717) is 34.8 Å². The van der Waals surface area contributed by atoms with Crippen molar-refractivity contribution in [2.24, 2.45) is 0 Å². The molecular weight excluding hydrogens is 361 g/mol. The van der Waals surface area contributed by atoms with E-state index < -0.39 is 0 Å². The number of nitrogens with zero attached hydrogens (tertiary/aromatic N) is 4. The highest BCUT2D eigenvalue weighted by atomic mass is 19.1. The Hall–Kier alpha value is -3.68. The summed E-state index contributed by atoms with van der Waals surface area (Å²) in [5.41, 5.74) is 9.37. The minimum Gasteiger partial charge on any atom is -0.491 e. The van der Waals surface area contributed by atoms with E-state index in [9.17, 15) is 9.18 Å². The normalized spacial score (nSPS) is 15.6. The number of ether oxygens (including phenoxy) is 1. The number of amides is 1. The van der Waals surface area contributed by atoms with Crippen molar-refractivity contribution in [3.63, 3.8) is 0 Å². The second kappa shape index (κ2) is 5.91. The molecule has 4 aromatic rings. The number of hydrogen-bond acceptors (Lipinski definition) is 5. The fraction of sp³-hybridized carbons (Fsp3) is 0.150. The smallest absolute Gasteiger partial charge is 0.254 e. The number of aromatic nitrogens is 3. The average molecular weight is 377 g/mol. The fourth-order valence-corrected chi connectivity index (χ4v) is 3.64. The zero-order valence-corrected chi connectivity index (χ0v) is 15.0. The highest BCUT2D eigenvalue weighted by Gasteiger charge is 2.31. The van der Waals surface area contributed by atoms with Crippen molar-refractivity contribution in [1.82, 2.24) is 19.3 Å². The molecular formula is C20H16FN5O2. The van der Waals surface area contributed by atoms with E-state index in [2.05, 4.69) is 9.97 Å². The van der Waals surface area contributed by atoms with Crippen LogP contribution in [0, 0.1) is 5.82 Å². The molecule has 0 fully saturated rings. The van der Waals surface area contributed by atoms with Gasteiger partial charge >= 0.3 is 0 Å². The number of rotatable bonds is 2. The maximum absolute atomic E-state index is 13.4. The van der Waals surface area contributed by atoms with E-state index in [1.54, 1.807) is 48.7 Å². The van der Waals surface area contributed by atoms with Crippen LogP contribution >= 0.6 is 0 Å². The molecule has 8 heteroatoms. The zero-order valence-electron chi connectivity index (χ0n) is 15.0. The molecule has 0 radical (unpaired) electrons. The van der Waals surface area contributed by atoms with Gasteiger partial charge in [0, 0.05) is 24.2 Å². The summed E-state index contributed by atoms with van der Waals surface area (Å²) in [5.74, 6) is 0.327. The zero-order chi connectivity index (χ0) is 19.4. The Morgan fingerprint density at radius 1 is 1.29 bits per heavy atom. The average Bonchev–Trinajstić information content (AvgIpc) is 3.34. The van der Waals surface area contributed by atoms with Crippen molar-refractivity contribution in [3.05, 3.63) is 65.9 Å². The molecule has 0 aliphatic carbocycles. The third kappa shape index (κ3) is 2.38. The van der Waals surface area contributed by atoms with Gasteiger partial charge in [0.2, 0.25) is 0 Å². The largest absolute Gasteiger partial charge is 0.491 e. The maximum atomic E-state index is 13.4. The Kier molecular flexibility index (Phi) is 3.48. The third-order valence-electron chi connectivity index (χ3n) is 5.14. The first kappa shape index (κ1) is 16.5. The molecule has 1 unspecified atom stereocenters. The lowest BCUT2D eigenvalue weighted by Crippen LogP contribution is -2.32. The van der Waals surface area contributed by atoms with Gasteiger partial charge in [0.15, 0.2) is 0 Å². The van der Waals surface area contributed by atoms with Crippen molar-refractivity contribution in [1.29, 1.82) is 0 Å². The highest BCUT2D eigenvalue weighted by molar-refractivity contribution is 5.98. The summed E-state index contributed by atoms with van der Waals surface area (Å²) in [5, 5.41) is 0. The molecule has 2 aromatic carbocycles. The Morgan fingerprint density at radius 2 is 2.14 bits per heavy atom. The number of carbonyl (C=O) groups is 1. The maximum Gasteiger partial charge on any atom is 0.254 e. The van der Waals surface area contributed by atoms with Crippen molar-refractivity contribution in [3.8, 4) is 5.75 Å². The lowest BCUT2D eigenvalue weighted by Gasteiger charge is -2.24. The Bertz CT molecular complexity index is 1250. The molecule has 3 heterocycles. The molecule has 0 saturated carbocycles. The number of carbonyl (C=O) groups excluding carboxylic acids is 1. The van der Waals surface area contributed by atoms with Crippen molar-refractivity contribution < 1.29 is 13.9 Å². The first-order chi connectivity index (χ1) is 13.5. The topological polar surface area (TPSA) is 85.8 Å². The van der Waals surface area contributed by atoms with Crippen LogP contribution in [0.25, 0.3) is 16.6 Å². The van der Waals surface area contributed by atoms with Crippen LogP contribution in [0.3, 0.4) is 0 Å². The van der Waals surface area contributed by atoms with Crippen LogP contribution in [0.2, 0.25) is 0 Å². The molecule has 0 spiro atoms. The number of nitrogen functional groups attached to an aromatic ring is 1. The second-order valence-electron chi connectivity index (χ2n) is 6.77. The molecule has 1 aliphatic rings. The monoisotopic (exact) mass is 377 g/mol. The van der Waals surface area contributed by atoms with Crippen molar-refractivity contribution in [2.45, 2.75) is 6.04 Å². The van der Waals surface area contributed by atoms with E-state index in [-0.39, 0.29) is 17.8 Å². The molecule has 1 aliphatic heterocycles. The van der Waals surface area contributed by atoms with Crippen LogP contribution in [0.5, 0.6) is 5.75 Å². The summed E-state index contributed by atoms with van der Waals surface area (Å²) in [6, 6.07) is 9.36. The Balaban J connectivity index is 1.54. The van der Waals surface area contributed by atoms with E-state index >= 15 is 0 Å². The SMILES string of the molecule is CN(C(=O)c1ccc2nc(N)c3cncn3c2c1)C1COc2cc(F)ccc21. The van der Waals surface area contributed by atoms with Gasteiger partial charge in [0.25, 0.3) is 5.91 Å². The van der Waals surface area contributed by atoms with Crippen LogP contribution < -0.4 is 10.5 Å². The molecule has 28 heavy (non-hydrogen) atoms. The number of benzene rings is 2. The van der Waals surface area contributed by atoms with Crippen LogP contribution in [0.15, 0.2) is 48.9 Å². The van der Waals surface area contributed by atoms with Gasteiger partial charge in [-0.05, 0) is 24.3 Å². The molecule has 7 nitrogen and oxygen atoms in total. The van der Waals surface area contributed by atoms with Crippen LogP contribution in [0.1, 0.15) is 22.0 Å². The van der Waals surface area contributed by atoms with E-state index in [4.69, 9.17) is 10.5 Å². The van der Waals surface area contributed by atoms with Crippen molar-refractivity contribution in [2.75, 3.05) is 19.4 Å². The number of hydrogen-bond donors (Lipinski definition) is 1. The molecule has 140 valence electrons. The first-order valence-electron chi connectivity index (χ1n) is 8.73. The number of halogens is 1. The number of imidazole rings is 1. The van der Waals surface area contributed by atoms with Gasteiger partial charge in [-0.1, -0.05) is 6.07 Å². The van der Waals surface area contributed by atoms with Gasteiger partial charge in [-0.2, -0.15) is 0 Å². The molecule has 0 saturated heterocycles. The predicted molar refractivity (Wildman–Crippen MR) is 102 cm³/mol. The van der Waals surface area contributed by atoms with E-state index in [1.165, 1.54) is 12.1 Å². The standard InChI is InChI=1S/C20H16FN5O2/c1-25(17-9-28-18-7-12(21)3-4-13(17)18)20(27)11-2-5-14-15(6-11)26-10-23-8-16(26)19(22)24-14/h2-8,10,17H,9H2,1H3,(H2,22,24). The minimum absolute atomic E-state index is 0.169. The molecule has 1 atom stereocenters. The summed E-state index contributed by atoms with van der Waals surface area (Å²) < 4.78 is 20.8. The molecule has 1 amide bonds. The first-order valence-corrected chi connectivity index (χ1v) is 8.73. The van der Waals surface area contributed by atoms with Crippen LogP contribution in [-0.2, 0) is 0 Å². The Labute approximate surface area is 159 Å². The lowest BCUT2D eigenvalue weighted by atomic mass is 10.1. The number of fused-ring (bicyclic) bond motifs is 4. The summed E-state index contributed by atoms with van der Waals surface area (Å²) in [6.45, 7) is 0.290. The van der Waals surface area contributed by atoms with Gasteiger partial charge in [0.1, 0.15) is 29.5 Å². The molecule has 2 aromatic heterocycles. The van der Waals surface area contributed by atoms with E-state index in [0.717, 1.165) is 11.1 Å². The number of anilines is 1. The summed E-state index contributed by atoms with van der Waals surface area (Å²) >= 11 is 0. The second-order valence-corrected chi connectivity index (χ2v) is 6.77. The minimum atomic E-state index is -0.362. The number of likely N-dealkylation sites (N-methyl/N-ethyl adjacent to an activating group) is 1. The Morgan fingerprint density at radius 3 is 3.00 bits per heavy atom. The van der Waals surface area contributed by atoms with Crippen LogP contribution in [-0.4, -0.2) is 38.8 Å². The molecule has 5 rings (SSSR count). The van der Waals surface area contributed by atoms with Gasteiger partial charge < -0.3 is 15.4 Å². The van der Waals surface area contributed by atoms with Gasteiger partial charge in [-0.25, -0.2) is 14.4 Å². The predicted octanol–water partition coefficient (Wildman–Crippen LogP) is 2.81. The summed E-state index contributed by atoms with van der Waals surface area (Å²) in [4.78, 5) is 23.2. The third-order valence-corrected chi connectivity index (χ3v) is 5.14. The van der Waals surface area contributed by atoms with Crippen LogP contribution in [0.4, 0.5) is 10.2 Å². The molecule has 0 bridgehead atoms. The summed E-state index contributed by atoms with van der Waals surface area (Å²) in [6.07, 6.45) is 3.28. The van der Waals surface area contributed by atoms with Gasteiger partial charge in [0.05, 0.1) is 29.6 Å². The quantitative estimate of drug-likeness (QED) is 0.581. The lowest BCUT2D eigenvalue weighted by molar-refractivity contribution is 0.0708. The van der Waals surface area contributed by atoms with Gasteiger partial charge in [-0.3, -0.25) is 9.20 Å². The molecule has 2 N–H and O–H groups in total. The van der Waals surface area contributed by atoms with E-state index in [1.807, 2.05) is 4.40 Å². The fourth-order valence-electron chi connectivity index (χ4n) is 3.64.